The molecule has 33 heavy (non-hydrogen) atoms. The van der Waals surface area contributed by atoms with Crippen molar-refractivity contribution in [3.63, 3.8) is 0 Å². The van der Waals surface area contributed by atoms with Crippen LogP contribution in [0.5, 0.6) is 5.75 Å². The Morgan fingerprint density at radius 2 is 1.67 bits per heavy atom. The molecular formula is C30H32O3. The van der Waals surface area contributed by atoms with Crippen LogP contribution in [-0.4, -0.2) is 11.1 Å². The lowest BCUT2D eigenvalue weighted by molar-refractivity contribution is -0.131. The predicted molar refractivity (Wildman–Crippen MR) is 135 cm³/mol. The lowest BCUT2D eigenvalue weighted by Gasteiger charge is -2.43. The second-order valence-corrected chi connectivity index (χ2v) is 10.2. The van der Waals surface area contributed by atoms with Gasteiger partial charge in [0.1, 0.15) is 12.4 Å². The van der Waals surface area contributed by atoms with Gasteiger partial charge in [0.15, 0.2) is 0 Å². The molecule has 3 heteroatoms. The standard InChI is InChI=1S/C30H32O3/c1-29(2)17-18-30(3,4)27-25(29)15-14-24(28(27)33-20-22-9-6-5-7-10-22)23-12-8-11-21(19-23)13-16-26(31)32/h5-16,19H,17-18,20H2,1-4H3,(H,31,32)/b16-13+. The Balaban J connectivity index is 1.87. The highest BCUT2D eigenvalue weighted by Crippen LogP contribution is 2.52. The Morgan fingerprint density at radius 3 is 2.39 bits per heavy atom. The van der Waals surface area contributed by atoms with Crippen LogP contribution in [0, 0.1) is 0 Å². The lowest BCUT2D eigenvalue weighted by atomic mass is 9.62. The predicted octanol–water partition coefficient (Wildman–Crippen LogP) is 7.38. The summed E-state index contributed by atoms with van der Waals surface area (Å²) in [5.41, 5.74) is 6.77. The molecule has 4 rings (SSSR count). The van der Waals surface area contributed by atoms with E-state index in [1.54, 1.807) is 6.08 Å². The highest BCUT2D eigenvalue weighted by atomic mass is 16.5. The zero-order chi connectivity index (χ0) is 23.6. The Bertz CT molecular complexity index is 1190. The maximum atomic E-state index is 11.0. The van der Waals surface area contributed by atoms with E-state index in [1.165, 1.54) is 17.2 Å². The molecule has 170 valence electrons. The van der Waals surface area contributed by atoms with Crippen molar-refractivity contribution in [1.82, 2.24) is 0 Å². The maximum Gasteiger partial charge on any atom is 0.328 e. The molecule has 3 aromatic carbocycles. The fourth-order valence-electron chi connectivity index (χ4n) is 4.79. The zero-order valence-electron chi connectivity index (χ0n) is 19.9. The van der Waals surface area contributed by atoms with E-state index >= 15 is 0 Å². The summed E-state index contributed by atoms with van der Waals surface area (Å²) in [6.07, 6.45) is 5.03. The average Bonchev–Trinajstić information content (AvgIpc) is 2.80. The molecule has 3 aromatic rings. The molecule has 0 aliphatic heterocycles. The number of aliphatic carboxylic acids is 1. The van der Waals surface area contributed by atoms with Crippen LogP contribution >= 0.6 is 0 Å². The molecule has 1 N–H and O–H groups in total. The Hall–Kier alpha value is -3.33. The number of hydrogen-bond acceptors (Lipinski definition) is 2. The SMILES string of the molecule is CC1(C)CCC(C)(C)c2c1ccc(-c1cccc(/C=C/C(=O)O)c1)c2OCc1ccccc1. The fraction of sp³-hybridized carbons (Fsp3) is 0.300. The zero-order valence-corrected chi connectivity index (χ0v) is 19.9. The third kappa shape index (κ3) is 4.88. The van der Waals surface area contributed by atoms with Crippen molar-refractivity contribution in [2.45, 2.75) is 58.0 Å². The number of fused-ring (bicyclic) bond motifs is 1. The van der Waals surface area contributed by atoms with E-state index in [1.807, 2.05) is 36.4 Å². The highest BCUT2D eigenvalue weighted by molar-refractivity contribution is 5.86. The summed E-state index contributed by atoms with van der Waals surface area (Å²) in [4.78, 5) is 11.0. The normalized spacial score (nSPS) is 16.4. The minimum absolute atomic E-state index is 0.00624. The van der Waals surface area contributed by atoms with E-state index in [2.05, 4.69) is 58.0 Å². The largest absolute Gasteiger partial charge is 0.488 e. The molecule has 0 fully saturated rings. The average molecular weight is 441 g/mol. The number of carboxylic acids is 1. The van der Waals surface area contributed by atoms with Crippen LogP contribution in [0.25, 0.3) is 17.2 Å². The van der Waals surface area contributed by atoms with E-state index in [9.17, 15) is 4.79 Å². The first-order valence-corrected chi connectivity index (χ1v) is 11.5. The number of benzene rings is 3. The van der Waals surface area contributed by atoms with Crippen LogP contribution in [0.4, 0.5) is 0 Å². The maximum absolute atomic E-state index is 11.0. The summed E-state index contributed by atoms with van der Waals surface area (Å²) in [5, 5.41) is 9.02. The fourth-order valence-corrected chi connectivity index (χ4v) is 4.79. The quantitative estimate of drug-likeness (QED) is 0.407. The molecular weight excluding hydrogens is 408 g/mol. The van der Waals surface area contributed by atoms with Crippen LogP contribution in [0.2, 0.25) is 0 Å². The highest BCUT2D eigenvalue weighted by Gasteiger charge is 2.40. The van der Waals surface area contributed by atoms with Gasteiger partial charge < -0.3 is 9.84 Å². The Morgan fingerprint density at radius 1 is 0.939 bits per heavy atom. The van der Waals surface area contributed by atoms with Gasteiger partial charge >= 0.3 is 5.97 Å². The summed E-state index contributed by atoms with van der Waals surface area (Å²) in [5.74, 6) is -0.0152. The summed E-state index contributed by atoms with van der Waals surface area (Å²) < 4.78 is 6.63. The number of carboxylic acid groups (broad SMARTS) is 1. The van der Waals surface area contributed by atoms with Crippen LogP contribution in [0.15, 0.2) is 72.8 Å². The van der Waals surface area contributed by atoms with E-state index in [-0.39, 0.29) is 10.8 Å². The van der Waals surface area contributed by atoms with Gasteiger partial charge in [-0.15, -0.1) is 0 Å². The number of carbonyl (C=O) groups is 1. The molecule has 0 spiro atoms. The van der Waals surface area contributed by atoms with Gasteiger partial charge in [0.25, 0.3) is 0 Å². The van der Waals surface area contributed by atoms with E-state index < -0.39 is 5.97 Å². The van der Waals surface area contributed by atoms with Crippen molar-refractivity contribution >= 4 is 12.0 Å². The Labute approximate surface area is 196 Å². The van der Waals surface area contributed by atoms with Gasteiger partial charge in [-0.1, -0.05) is 88.4 Å². The topological polar surface area (TPSA) is 46.5 Å². The van der Waals surface area contributed by atoms with Crippen molar-refractivity contribution < 1.29 is 14.6 Å². The van der Waals surface area contributed by atoms with E-state index in [0.717, 1.165) is 40.8 Å². The molecule has 0 saturated carbocycles. The molecule has 0 unspecified atom stereocenters. The van der Waals surface area contributed by atoms with Gasteiger partial charge in [0.05, 0.1) is 0 Å². The van der Waals surface area contributed by atoms with Gasteiger partial charge in [0.2, 0.25) is 0 Å². The molecule has 0 aromatic heterocycles. The van der Waals surface area contributed by atoms with Crippen LogP contribution < -0.4 is 4.74 Å². The molecule has 0 heterocycles. The van der Waals surface area contributed by atoms with E-state index in [0.29, 0.717) is 6.61 Å². The molecule has 0 amide bonds. The van der Waals surface area contributed by atoms with Crippen molar-refractivity contribution in [3.8, 4) is 16.9 Å². The van der Waals surface area contributed by atoms with Crippen LogP contribution in [-0.2, 0) is 22.2 Å². The summed E-state index contributed by atoms with van der Waals surface area (Å²) >= 11 is 0. The van der Waals surface area contributed by atoms with Crippen LogP contribution in [0.1, 0.15) is 62.8 Å². The Kier molecular flexibility index (Phi) is 6.16. The monoisotopic (exact) mass is 440 g/mol. The van der Waals surface area contributed by atoms with Gasteiger partial charge in [-0.05, 0) is 58.1 Å². The molecule has 3 nitrogen and oxygen atoms in total. The summed E-state index contributed by atoms with van der Waals surface area (Å²) in [7, 11) is 0. The third-order valence-corrected chi connectivity index (χ3v) is 6.78. The molecule has 0 bridgehead atoms. The molecule has 0 saturated heterocycles. The minimum Gasteiger partial charge on any atom is -0.488 e. The number of ether oxygens (including phenoxy) is 1. The summed E-state index contributed by atoms with van der Waals surface area (Å²) in [6, 6.07) is 22.7. The number of rotatable bonds is 6. The van der Waals surface area contributed by atoms with E-state index in [4.69, 9.17) is 9.84 Å². The first kappa shape index (κ1) is 22.8. The van der Waals surface area contributed by atoms with Crippen molar-refractivity contribution in [1.29, 1.82) is 0 Å². The number of hydrogen-bond donors (Lipinski definition) is 1. The third-order valence-electron chi connectivity index (χ3n) is 6.78. The smallest absolute Gasteiger partial charge is 0.328 e. The molecule has 1 aliphatic rings. The lowest BCUT2D eigenvalue weighted by Crippen LogP contribution is -2.34. The minimum atomic E-state index is -0.954. The second kappa shape index (κ2) is 8.90. The van der Waals surface area contributed by atoms with Gasteiger partial charge in [-0.2, -0.15) is 0 Å². The first-order chi connectivity index (χ1) is 15.7. The first-order valence-electron chi connectivity index (χ1n) is 11.5. The van der Waals surface area contributed by atoms with Crippen molar-refractivity contribution in [2.75, 3.05) is 0 Å². The van der Waals surface area contributed by atoms with Gasteiger partial charge in [-0.3, -0.25) is 0 Å². The van der Waals surface area contributed by atoms with Crippen LogP contribution in [0.3, 0.4) is 0 Å². The van der Waals surface area contributed by atoms with Crippen molar-refractivity contribution in [3.05, 3.63) is 95.1 Å². The van der Waals surface area contributed by atoms with Crippen molar-refractivity contribution in [2.24, 2.45) is 0 Å². The molecule has 1 aliphatic carbocycles. The van der Waals surface area contributed by atoms with Gasteiger partial charge in [-0.25, -0.2) is 4.79 Å². The molecule has 0 atom stereocenters. The summed E-state index contributed by atoms with van der Waals surface area (Å²) in [6.45, 7) is 9.76. The van der Waals surface area contributed by atoms with Gasteiger partial charge in [0, 0.05) is 17.2 Å². The molecule has 0 radical (unpaired) electrons. The second-order valence-electron chi connectivity index (χ2n) is 10.2.